The first-order valence-electron chi connectivity index (χ1n) is 5.93. The van der Waals surface area contributed by atoms with Crippen molar-refractivity contribution in [1.29, 1.82) is 0 Å². The molecule has 1 amide bonds. The average molecular weight is 243 g/mol. The lowest BCUT2D eigenvalue weighted by Crippen LogP contribution is -2.47. The van der Waals surface area contributed by atoms with Gasteiger partial charge >= 0.3 is 12.1 Å². The Hall–Kier alpha value is -1.26. The minimum Gasteiger partial charge on any atom is -0.480 e. The second-order valence-electron chi connectivity index (χ2n) is 5.66. The third-order valence-electron chi connectivity index (χ3n) is 2.83. The van der Waals surface area contributed by atoms with Crippen LogP contribution in [0.5, 0.6) is 0 Å². The van der Waals surface area contributed by atoms with Crippen LogP contribution in [0.4, 0.5) is 4.79 Å². The Bertz CT molecular complexity index is 304. The van der Waals surface area contributed by atoms with Crippen LogP contribution in [0.1, 0.15) is 40.5 Å². The van der Waals surface area contributed by atoms with Crippen LogP contribution >= 0.6 is 0 Å². The SMILES string of the molecule is CC(C1CC1)[C@H](NC(=O)OC(C)(C)C)C(=O)O. The summed E-state index contributed by atoms with van der Waals surface area (Å²) in [5.74, 6) is -0.652. The molecule has 0 aromatic rings. The number of carboxylic acid groups (broad SMARTS) is 1. The fourth-order valence-corrected chi connectivity index (χ4v) is 1.75. The van der Waals surface area contributed by atoms with Gasteiger partial charge in [0.2, 0.25) is 0 Å². The molecule has 1 rings (SSSR count). The fraction of sp³-hybridized carbons (Fsp3) is 0.833. The van der Waals surface area contributed by atoms with Crippen molar-refractivity contribution in [2.75, 3.05) is 0 Å². The third kappa shape index (κ3) is 4.63. The minimum absolute atomic E-state index is 0.0555. The van der Waals surface area contributed by atoms with Gasteiger partial charge in [-0.15, -0.1) is 0 Å². The Morgan fingerprint density at radius 2 is 1.88 bits per heavy atom. The summed E-state index contributed by atoms with van der Waals surface area (Å²) in [6.07, 6.45) is 1.42. The van der Waals surface area contributed by atoms with Gasteiger partial charge in [-0.3, -0.25) is 0 Å². The molecule has 1 fully saturated rings. The molecule has 0 bridgehead atoms. The summed E-state index contributed by atoms with van der Waals surface area (Å²) in [6.45, 7) is 7.08. The van der Waals surface area contributed by atoms with Gasteiger partial charge in [0.05, 0.1) is 0 Å². The second kappa shape index (κ2) is 4.94. The van der Waals surface area contributed by atoms with Crippen molar-refractivity contribution >= 4 is 12.1 Å². The molecular formula is C12H21NO4. The van der Waals surface area contributed by atoms with Gasteiger partial charge in [-0.2, -0.15) is 0 Å². The highest BCUT2D eigenvalue weighted by molar-refractivity contribution is 5.80. The number of alkyl carbamates (subject to hydrolysis) is 1. The maximum Gasteiger partial charge on any atom is 0.408 e. The standard InChI is InChI=1S/C12H21NO4/c1-7(8-5-6-8)9(10(14)15)13-11(16)17-12(2,3)4/h7-9H,5-6H2,1-4H3,(H,13,16)(H,14,15)/t7?,9-/m0/s1. The second-order valence-corrected chi connectivity index (χ2v) is 5.66. The van der Waals surface area contributed by atoms with Crippen molar-refractivity contribution in [3.63, 3.8) is 0 Å². The van der Waals surface area contributed by atoms with Crippen LogP contribution < -0.4 is 5.32 Å². The minimum atomic E-state index is -1.00. The molecule has 0 heterocycles. The highest BCUT2D eigenvalue weighted by atomic mass is 16.6. The Morgan fingerprint density at radius 1 is 1.35 bits per heavy atom. The quantitative estimate of drug-likeness (QED) is 0.792. The molecule has 0 saturated heterocycles. The monoisotopic (exact) mass is 243 g/mol. The van der Waals surface area contributed by atoms with Gasteiger partial charge in [-0.1, -0.05) is 6.92 Å². The smallest absolute Gasteiger partial charge is 0.408 e. The van der Waals surface area contributed by atoms with E-state index >= 15 is 0 Å². The van der Waals surface area contributed by atoms with Gasteiger partial charge in [-0.05, 0) is 45.4 Å². The highest BCUT2D eigenvalue weighted by Crippen LogP contribution is 2.38. The molecule has 1 unspecified atom stereocenters. The number of hydrogen-bond acceptors (Lipinski definition) is 3. The topological polar surface area (TPSA) is 75.6 Å². The molecule has 2 N–H and O–H groups in total. The Kier molecular flexibility index (Phi) is 4.01. The summed E-state index contributed by atoms with van der Waals surface area (Å²) in [7, 11) is 0. The lowest BCUT2D eigenvalue weighted by Gasteiger charge is -2.24. The molecule has 17 heavy (non-hydrogen) atoms. The normalized spacial score (nSPS) is 19.3. The van der Waals surface area contributed by atoms with Gasteiger partial charge in [-0.25, -0.2) is 9.59 Å². The van der Waals surface area contributed by atoms with Crippen molar-refractivity contribution in [1.82, 2.24) is 5.32 Å². The number of carbonyl (C=O) groups excluding carboxylic acids is 1. The zero-order valence-electron chi connectivity index (χ0n) is 10.8. The first kappa shape index (κ1) is 13.8. The molecule has 5 nitrogen and oxygen atoms in total. The van der Waals surface area contributed by atoms with Crippen molar-refractivity contribution in [2.45, 2.75) is 52.2 Å². The number of ether oxygens (including phenoxy) is 1. The van der Waals surface area contributed by atoms with E-state index in [0.717, 1.165) is 12.8 Å². The lowest BCUT2D eigenvalue weighted by molar-refractivity contribution is -0.141. The zero-order valence-corrected chi connectivity index (χ0v) is 10.8. The van der Waals surface area contributed by atoms with Crippen LogP contribution in [-0.2, 0) is 9.53 Å². The molecule has 1 saturated carbocycles. The van der Waals surface area contributed by atoms with Crippen LogP contribution in [0, 0.1) is 11.8 Å². The van der Waals surface area contributed by atoms with Crippen LogP contribution in [0.3, 0.4) is 0 Å². The molecule has 2 atom stereocenters. The zero-order chi connectivity index (χ0) is 13.2. The molecule has 0 aromatic carbocycles. The van der Waals surface area contributed by atoms with Crippen LogP contribution in [0.25, 0.3) is 0 Å². The van der Waals surface area contributed by atoms with Gasteiger partial charge in [0.1, 0.15) is 11.6 Å². The predicted octanol–water partition coefficient (Wildman–Crippen LogP) is 2.01. The van der Waals surface area contributed by atoms with Crippen molar-refractivity contribution in [3.8, 4) is 0 Å². The number of carboxylic acids is 1. The van der Waals surface area contributed by atoms with E-state index in [1.165, 1.54) is 0 Å². The average Bonchev–Trinajstić information content (AvgIpc) is 2.92. The summed E-state index contributed by atoms with van der Waals surface area (Å²) < 4.78 is 5.06. The van der Waals surface area contributed by atoms with E-state index in [4.69, 9.17) is 9.84 Å². The molecule has 0 spiro atoms. The summed E-state index contributed by atoms with van der Waals surface area (Å²) in [4.78, 5) is 22.6. The van der Waals surface area contributed by atoms with Gasteiger partial charge in [0.25, 0.3) is 0 Å². The van der Waals surface area contributed by atoms with E-state index in [1.807, 2.05) is 6.92 Å². The maximum absolute atomic E-state index is 11.5. The van der Waals surface area contributed by atoms with E-state index in [-0.39, 0.29) is 5.92 Å². The molecule has 0 radical (unpaired) electrons. The molecule has 5 heteroatoms. The number of nitrogens with one attached hydrogen (secondary N) is 1. The van der Waals surface area contributed by atoms with Crippen LogP contribution in [-0.4, -0.2) is 28.8 Å². The summed E-state index contributed by atoms with van der Waals surface area (Å²) in [5, 5.41) is 11.5. The molecule has 0 aliphatic heterocycles. The first-order valence-corrected chi connectivity index (χ1v) is 5.93. The van der Waals surface area contributed by atoms with E-state index < -0.39 is 23.7 Å². The number of rotatable bonds is 4. The fourth-order valence-electron chi connectivity index (χ4n) is 1.75. The first-order chi connectivity index (χ1) is 7.70. The predicted molar refractivity (Wildman–Crippen MR) is 62.7 cm³/mol. The lowest BCUT2D eigenvalue weighted by atomic mass is 9.97. The number of amides is 1. The van der Waals surface area contributed by atoms with Crippen molar-refractivity contribution in [3.05, 3.63) is 0 Å². The Morgan fingerprint density at radius 3 is 2.24 bits per heavy atom. The van der Waals surface area contributed by atoms with Gasteiger partial charge in [0.15, 0.2) is 0 Å². The number of carbonyl (C=O) groups is 2. The van der Waals surface area contributed by atoms with Gasteiger partial charge in [0, 0.05) is 0 Å². The molecule has 0 aromatic heterocycles. The highest BCUT2D eigenvalue weighted by Gasteiger charge is 2.38. The maximum atomic E-state index is 11.5. The number of hydrogen-bond donors (Lipinski definition) is 2. The molecule has 1 aliphatic rings. The molecule has 98 valence electrons. The third-order valence-corrected chi connectivity index (χ3v) is 2.83. The van der Waals surface area contributed by atoms with Crippen LogP contribution in [0.2, 0.25) is 0 Å². The van der Waals surface area contributed by atoms with Gasteiger partial charge < -0.3 is 15.2 Å². The summed E-state index contributed by atoms with van der Waals surface area (Å²) >= 11 is 0. The Labute approximate surface area is 102 Å². The molecule has 1 aliphatic carbocycles. The van der Waals surface area contributed by atoms with E-state index in [0.29, 0.717) is 5.92 Å². The number of aliphatic carboxylic acids is 1. The van der Waals surface area contributed by atoms with Crippen LogP contribution in [0.15, 0.2) is 0 Å². The summed E-state index contributed by atoms with van der Waals surface area (Å²) in [5.41, 5.74) is -0.615. The van der Waals surface area contributed by atoms with Crippen molar-refractivity contribution < 1.29 is 19.4 Å². The largest absolute Gasteiger partial charge is 0.480 e. The Balaban J connectivity index is 2.54. The van der Waals surface area contributed by atoms with Crippen molar-refractivity contribution in [2.24, 2.45) is 11.8 Å². The summed E-state index contributed by atoms with van der Waals surface area (Å²) in [6, 6.07) is -0.864. The van der Waals surface area contributed by atoms with E-state index in [1.54, 1.807) is 20.8 Å². The van der Waals surface area contributed by atoms with E-state index in [2.05, 4.69) is 5.32 Å². The van der Waals surface area contributed by atoms with E-state index in [9.17, 15) is 9.59 Å². The molecular weight excluding hydrogens is 222 g/mol.